The van der Waals surface area contributed by atoms with Gasteiger partial charge in [0.25, 0.3) is 0 Å². The topological polar surface area (TPSA) is 82.2 Å². The molecule has 5 nitrogen and oxygen atoms in total. The SMILES string of the molecule is N#Cc1cc(F)cc(N2CC(N)C(=O)Nc3c(Cl)cccc32)c1. The zero-order chi connectivity index (χ0) is 16.6. The Morgan fingerprint density at radius 2 is 2.17 bits per heavy atom. The number of carbonyl (C=O) groups excluding carboxylic acids is 1. The normalized spacial score (nSPS) is 17.0. The van der Waals surface area contributed by atoms with E-state index in [0.29, 0.717) is 22.1 Å². The monoisotopic (exact) mass is 330 g/mol. The van der Waals surface area contributed by atoms with Crippen molar-refractivity contribution >= 4 is 34.6 Å². The van der Waals surface area contributed by atoms with E-state index in [1.165, 1.54) is 12.1 Å². The van der Waals surface area contributed by atoms with Crippen molar-refractivity contribution < 1.29 is 9.18 Å². The Balaban J connectivity index is 2.19. The lowest BCUT2D eigenvalue weighted by atomic mass is 10.1. The number of rotatable bonds is 1. The third-order valence-electron chi connectivity index (χ3n) is 3.57. The molecule has 0 spiro atoms. The number of carbonyl (C=O) groups is 1. The van der Waals surface area contributed by atoms with Crippen LogP contribution >= 0.6 is 11.6 Å². The lowest BCUT2D eigenvalue weighted by molar-refractivity contribution is -0.117. The highest BCUT2D eigenvalue weighted by Gasteiger charge is 2.28. The van der Waals surface area contributed by atoms with Gasteiger partial charge in [0.2, 0.25) is 5.91 Å². The molecule has 7 heteroatoms. The molecule has 0 bridgehead atoms. The maximum absolute atomic E-state index is 13.8. The number of amides is 1. The summed E-state index contributed by atoms with van der Waals surface area (Å²) in [5, 5.41) is 12.1. The van der Waals surface area contributed by atoms with Gasteiger partial charge in [0.05, 0.1) is 28.0 Å². The molecule has 1 heterocycles. The number of benzene rings is 2. The molecule has 1 unspecified atom stereocenters. The van der Waals surface area contributed by atoms with Gasteiger partial charge in [0.1, 0.15) is 11.9 Å². The molecule has 3 N–H and O–H groups in total. The van der Waals surface area contributed by atoms with E-state index < -0.39 is 11.9 Å². The molecule has 1 atom stereocenters. The summed E-state index contributed by atoms with van der Waals surface area (Å²) < 4.78 is 13.8. The van der Waals surface area contributed by atoms with Crippen molar-refractivity contribution in [1.29, 1.82) is 5.26 Å². The molecule has 0 aromatic heterocycles. The number of fused-ring (bicyclic) bond motifs is 1. The number of nitriles is 1. The fourth-order valence-electron chi connectivity index (χ4n) is 2.49. The van der Waals surface area contributed by atoms with Crippen molar-refractivity contribution in [2.24, 2.45) is 5.73 Å². The van der Waals surface area contributed by atoms with Gasteiger partial charge in [-0.25, -0.2) is 4.39 Å². The number of hydrogen-bond donors (Lipinski definition) is 2. The summed E-state index contributed by atoms with van der Waals surface area (Å²) in [6.07, 6.45) is 0. The van der Waals surface area contributed by atoms with Crippen LogP contribution in [0.5, 0.6) is 0 Å². The van der Waals surface area contributed by atoms with Gasteiger partial charge in [-0.3, -0.25) is 4.79 Å². The van der Waals surface area contributed by atoms with Crippen molar-refractivity contribution in [3.63, 3.8) is 0 Å². The van der Waals surface area contributed by atoms with Crippen LogP contribution in [0.2, 0.25) is 5.02 Å². The molecule has 0 fully saturated rings. The number of para-hydroxylation sites is 1. The average Bonchev–Trinajstić information content (AvgIpc) is 2.65. The van der Waals surface area contributed by atoms with Gasteiger partial charge in [-0.05, 0) is 30.3 Å². The van der Waals surface area contributed by atoms with E-state index in [9.17, 15) is 9.18 Å². The number of nitrogens with zero attached hydrogens (tertiary/aromatic N) is 2. The van der Waals surface area contributed by atoms with Crippen molar-refractivity contribution in [3.8, 4) is 6.07 Å². The lowest BCUT2D eigenvalue weighted by Gasteiger charge is -2.26. The van der Waals surface area contributed by atoms with Crippen LogP contribution in [0.25, 0.3) is 0 Å². The fraction of sp³-hybridized carbons (Fsp3) is 0.125. The minimum absolute atomic E-state index is 0.132. The van der Waals surface area contributed by atoms with Gasteiger partial charge in [-0.15, -0.1) is 0 Å². The van der Waals surface area contributed by atoms with Gasteiger partial charge in [0, 0.05) is 12.2 Å². The summed E-state index contributed by atoms with van der Waals surface area (Å²) in [5.41, 5.74) is 7.50. The Labute approximate surface area is 137 Å². The molecule has 2 aromatic carbocycles. The third-order valence-corrected chi connectivity index (χ3v) is 3.88. The predicted octanol–water partition coefficient (Wildman–Crippen LogP) is 2.77. The number of halogens is 2. The van der Waals surface area contributed by atoms with E-state index in [1.54, 1.807) is 23.1 Å². The van der Waals surface area contributed by atoms with Crippen LogP contribution in [0.15, 0.2) is 36.4 Å². The first kappa shape index (κ1) is 15.3. The zero-order valence-electron chi connectivity index (χ0n) is 11.9. The minimum atomic E-state index is -0.827. The molecule has 2 aromatic rings. The van der Waals surface area contributed by atoms with Crippen LogP contribution in [0.1, 0.15) is 5.56 Å². The Kier molecular flexibility index (Phi) is 3.90. The van der Waals surface area contributed by atoms with Crippen LogP contribution in [0, 0.1) is 17.1 Å². The second-order valence-corrected chi connectivity index (χ2v) is 5.56. The highest BCUT2D eigenvalue weighted by atomic mass is 35.5. The lowest BCUT2D eigenvalue weighted by Crippen LogP contribution is -2.41. The van der Waals surface area contributed by atoms with Crippen LogP contribution in [-0.2, 0) is 4.79 Å². The fourth-order valence-corrected chi connectivity index (χ4v) is 2.71. The van der Waals surface area contributed by atoms with Gasteiger partial charge in [-0.1, -0.05) is 17.7 Å². The average molecular weight is 331 g/mol. The summed E-state index contributed by atoms with van der Waals surface area (Å²) in [4.78, 5) is 13.7. The second kappa shape index (κ2) is 5.88. The second-order valence-electron chi connectivity index (χ2n) is 5.15. The van der Waals surface area contributed by atoms with Crippen LogP contribution in [0.4, 0.5) is 21.5 Å². The van der Waals surface area contributed by atoms with Gasteiger partial charge < -0.3 is 16.0 Å². The molecule has 0 saturated carbocycles. The standard InChI is InChI=1S/C16H12ClFN4O/c17-12-2-1-3-14-15(12)21-16(23)13(20)8-22(14)11-5-9(7-19)4-10(18)6-11/h1-6,13H,8,20H2,(H,21,23). The van der Waals surface area contributed by atoms with E-state index >= 15 is 0 Å². The molecular weight excluding hydrogens is 319 g/mol. The molecule has 0 saturated heterocycles. The number of nitrogens with two attached hydrogens (primary N) is 1. The predicted molar refractivity (Wildman–Crippen MR) is 86.2 cm³/mol. The summed E-state index contributed by atoms with van der Waals surface area (Å²) in [7, 11) is 0. The molecular formula is C16H12ClFN4O. The van der Waals surface area contributed by atoms with E-state index in [1.807, 2.05) is 6.07 Å². The maximum atomic E-state index is 13.8. The van der Waals surface area contributed by atoms with Crippen molar-refractivity contribution in [2.75, 3.05) is 16.8 Å². The van der Waals surface area contributed by atoms with Crippen LogP contribution in [0.3, 0.4) is 0 Å². The van der Waals surface area contributed by atoms with Gasteiger partial charge >= 0.3 is 0 Å². The summed E-state index contributed by atoms with van der Waals surface area (Å²) in [5.74, 6) is -0.918. The largest absolute Gasteiger partial charge is 0.338 e. The number of nitrogens with one attached hydrogen (secondary N) is 1. The molecule has 1 amide bonds. The first-order chi connectivity index (χ1) is 11.0. The number of anilines is 3. The van der Waals surface area contributed by atoms with Crippen molar-refractivity contribution in [1.82, 2.24) is 0 Å². The highest BCUT2D eigenvalue weighted by Crippen LogP contribution is 2.39. The first-order valence-electron chi connectivity index (χ1n) is 6.83. The summed E-state index contributed by atoms with van der Waals surface area (Å²) in [6, 6.07) is 10.2. The van der Waals surface area contributed by atoms with Gasteiger partial charge in [-0.2, -0.15) is 5.26 Å². The molecule has 23 heavy (non-hydrogen) atoms. The molecule has 1 aliphatic rings. The van der Waals surface area contributed by atoms with Crippen LogP contribution in [-0.4, -0.2) is 18.5 Å². The first-order valence-corrected chi connectivity index (χ1v) is 7.20. The van der Waals surface area contributed by atoms with Crippen LogP contribution < -0.4 is 16.0 Å². The summed E-state index contributed by atoms with van der Waals surface area (Å²) in [6.45, 7) is 0.132. The Hall–Kier alpha value is -2.62. The molecule has 0 radical (unpaired) electrons. The maximum Gasteiger partial charge on any atom is 0.243 e. The molecule has 3 rings (SSSR count). The number of hydrogen-bond acceptors (Lipinski definition) is 4. The van der Waals surface area contributed by atoms with Crippen molar-refractivity contribution in [2.45, 2.75) is 6.04 Å². The van der Waals surface area contributed by atoms with E-state index in [2.05, 4.69) is 5.32 Å². The molecule has 1 aliphatic heterocycles. The van der Waals surface area contributed by atoms with E-state index in [4.69, 9.17) is 22.6 Å². The Morgan fingerprint density at radius 1 is 1.39 bits per heavy atom. The summed E-state index contributed by atoms with van der Waals surface area (Å²) >= 11 is 6.16. The molecule has 0 aliphatic carbocycles. The highest BCUT2D eigenvalue weighted by molar-refractivity contribution is 6.34. The smallest absolute Gasteiger partial charge is 0.243 e. The quantitative estimate of drug-likeness (QED) is 0.842. The van der Waals surface area contributed by atoms with E-state index in [-0.39, 0.29) is 18.0 Å². The minimum Gasteiger partial charge on any atom is -0.338 e. The third kappa shape index (κ3) is 2.84. The Morgan fingerprint density at radius 3 is 2.91 bits per heavy atom. The molecule has 116 valence electrons. The zero-order valence-corrected chi connectivity index (χ0v) is 12.6. The Bertz CT molecular complexity index is 833. The van der Waals surface area contributed by atoms with Crippen molar-refractivity contribution in [3.05, 3.63) is 52.8 Å². The van der Waals surface area contributed by atoms with E-state index in [0.717, 1.165) is 6.07 Å². The van der Waals surface area contributed by atoms with Gasteiger partial charge in [0.15, 0.2) is 0 Å².